The van der Waals surface area contributed by atoms with Crippen LogP contribution in [0.25, 0.3) is 0 Å². The molecule has 2 aromatic rings. The average Bonchev–Trinajstić information content (AvgIpc) is 2.81. The Morgan fingerprint density at radius 3 is 2.53 bits per heavy atom. The lowest BCUT2D eigenvalue weighted by Crippen LogP contribution is -2.33. The molecule has 0 atom stereocenters. The molecule has 1 aliphatic rings. The number of ether oxygens (including phenoxy) is 2. The van der Waals surface area contributed by atoms with Gasteiger partial charge in [-0.3, -0.25) is 4.79 Å². The highest BCUT2D eigenvalue weighted by atomic mass is 16.5. The van der Waals surface area contributed by atoms with Gasteiger partial charge in [-0.05, 0) is 42.7 Å². The minimum Gasteiger partial charge on any atom is -0.493 e. The zero-order valence-corrected chi connectivity index (χ0v) is 17.7. The van der Waals surface area contributed by atoms with Crippen molar-refractivity contribution in [3.05, 3.63) is 53.6 Å². The van der Waals surface area contributed by atoms with Gasteiger partial charge in [0, 0.05) is 31.4 Å². The van der Waals surface area contributed by atoms with Crippen molar-refractivity contribution >= 4 is 11.6 Å². The molecule has 1 fully saturated rings. The molecule has 6 nitrogen and oxygen atoms in total. The highest BCUT2D eigenvalue weighted by Crippen LogP contribution is 2.28. The van der Waals surface area contributed by atoms with Crippen LogP contribution in [0.4, 0.5) is 5.69 Å². The highest BCUT2D eigenvalue weighted by molar-refractivity contribution is 5.77. The lowest BCUT2D eigenvalue weighted by Gasteiger charge is -2.33. The normalized spacial score (nSPS) is 13.9. The van der Waals surface area contributed by atoms with E-state index in [0.717, 1.165) is 5.56 Å². The summed E-state index contributed by atoms with van der Waals surface area (Å²) in [6.07, 6.45) is 6.51. The molecule has 2 aromatic carbocycles. The van der Waals surface area contributed by atoms with Gasteiger partial charge in [0.1, 0.15) is 0 Å². The van der Waals surface area contributed by atoms with Gasteiger partial charge in [-0.25, -0.2) is 0 Å². The number of rotatable bonds is 8. The van der Waals surface area contributed by atoms with E-state index in [0.29, 0.717) is 29.6 Å². The first-order valence-corrected chi connectivity index (χ1v) is 10.4. The van der Waals surface area contributed by atoms with Crippen LogP contribution >= 0.6 is 0 Å². The fraction of sp³-hybridized carbons (Fsp3) is 0.417. The largest absolute Gasteiger partial charge is 0.493 e. The van der Waals surface area contributed by atoms with Crippen LogP contribution in [-0.4, -0.2) is 32.7 Å². The lowest BCUT2D eigenvalue weighted by molar-refractivity contribution is -0.123. The number of carbonyl (C=O) groups is 1. The minimum absolute atomic E-state index is 0.120. The summed E-state index contributed by atoms with van der Waals surface area (Å²) in [6, 6.07) is 15.9. The summed E-state index contributed by atoms with van der Waals surface area (Å²) >= 11 is 0. The fourth-order valence-electron chi connectivity index (χ4n) is 3.78. The Morgan fingerprint density at radius 1 is 1.13 bits per heavy atom. The summed E-state index contributed by atoms with van der Waals surface area (Å²) in [7, 11) is 3.67. The van der Waals surface area contributed by atoms with Gasteiger partial charge in [-0.2, -0.15) is 5.26 Å². The van der Waals surface area contributed by atoms with E-state index >= 15 is 0 Å². The van der Waals surface area contributed by atoms with Crippen LogP contribution in [0.5, 0.6) is 11.5 Å². The number of anilines is 1. The van der Waals surface area contributed by atoms with Gasteiger partial charge in [0.15, 0.2) is 18.1 Å². The number of nitrogens with zero attached hydrogens (tertiary/aromatic N) is 2. The Kier molecular flexibility index (Phi) is 7.56. The Hall–Kier alpha value is -3.20. The van der Waals surface area contributed by atoms with Crippen LogP contribution in [0.15, 0.2) is 42.5 Å². The summed E-state index contributed by atoms with van der Waals surface area (Å²) in [4.78, 5) is 14.5. The van der Waals surface area contributed by atoms with Gasteiger partial charge >= 0.3 is 0 Å². The van der Waals surface area contributed by atoms with E-state index in [1.54, 1.807) is 18.2 Å². The zero-order chi connectivity index (χ0) is 21.3. The predicted octanol–water partition coefficient (Wildman–Crippen LogP) is 4.03. The van der Waals surface area contributed by atoms with Crippen LogP contribution in [0.3, 0.4) is 0 Å². The van der Waals surface area contributed by atoms with Gasteiger partial charge in [-0.15, -0.1) is 0 Å². The van der Waals surface area contributed by atoms with Gasteiger partial charge in [0.05, 0.1) is 18.7 Å². The Labute approximate surface area is 178 Å². The lowest BCUT2D eigenvalue weighted by atomic mass is 9.94. The molecule has 30 heavy (non-hydrogen) atoms. The first-order valence-electron chi connectivity index (χ1n) is 10.4. The molecular weight excluding hydrogens is 378 g/mol. The van der Waals surface area contributed by atoms with Crippen LogP contribution < -0.4 is 19.7 Å². The molecule has 0 aliphatic heterocycles. The first-order chi connectivity index (χ1) is 14.6. The maximum Gasteiger partial charge on any atom is 0.258 e. The number of hydrogen-bond acceptors (Lipinski definition) is 5. The van der Waals surface area contributed by atoms with Crippen molar-refractivity contribution in [2.75, 3.05) is 25.7 Å². The van der Waals surface area contributed by atoms with Crippen molar-refractivity contribution in [2.45, 2.75) is 44.7 Å². The maximum absolute atomic E-state index is 12.2. The highest BCUT2D eigenvalue weighted by Gasteiger charge is 2.18. The maximum atomic E-state index is 12.2. The minimum atomic E-state index is -0.218. The zero-order valence-electron chi connectivity index (χ0n) is 17.7. The third-order valence-electron chi connectivity index (χ3n) is 5.61. The number of nitrogens with one attached hydrogen (secondary N) is 1. The first kappa shape index (κ1) is 21.5. The number of methoxy groups -OCH3 is 1. The Balaban J connectivity index is 1.47. The topological polar surface area (TPSA) is 74.6 Å². The quantitative estimate of drug-likeness (QED) is 0.715. The van der Waals surface area contributed by atoms with Crippen LogP contribution in [0, 0.1) is 11.3 Å². The Morgan fingerprint density at radius 2 is 1.87 bits per heavy atom. The third-order valence-corrected chi connectivity index (χ3v) is 5.61. The summed E-state index contributed by atoms with van der Waals surface area (Å²) in [5.74, 6) is 0.645. The molecule has 1 N–H and O–H groups in total. The van der Waals surface area contributed by atoms with E-state index in [1.807, 2.05) is 6.07 Å². The molecule has 3 rings (SSSR count). The smallest absolute Gasteiger partial charge is 0.258 e. The average molecular weight is 408 g/mol. The summed E-state index contributed by atoms with van der Waals surface area (Å²) < 4.78 is 10.8. The number of hydrogen-bond donors (Lipinski definition) is 1. The SMILES string of the molecule is COc1cc(C#N)ccc1OCC(=O)NCc1ccc(N(C)C2CCCCC2)cc1. The second-order valence-corrected chi connectivity index (χ2v) is 7.61. The van der Waals surface area contributed by atoms with Crippen molar-refractivity contribution in [3.8, 4) is 17.6 Å². The van der Waals surface area contributed by atoms with E-state index in [2.05, 4.69) is 41.5 Å². The molecule has 158 valence electrons. The molecule has 1 saturated carbocycles. The van der Waals surface area contributed by atoms with Crippen LogP contribution in [-0.2, 0) is 11.3 Å². The van der Waals surface area contributed by atoms with E-state index < -0.39 is 0 Å². The number of carbonyl (C=O) groups excluding carboxylic acids is 1. The van der Waals surface area contributed by atoms with Gasteiger partial charge in [0.2, 0.25) is 0 Å². The number of benzene rings is 2. The molecule has 0 aromatic heterocycles. The van der Waals surface area contributed by atoms with Crippen molar-refractivity contribution < 1.29 is 14.3 Å². The molecule has 1 aliphatic carbocycles. The fourth-order valence-corrected chi connectivity index (χ4v) is 3.78. The molecule has 0 unspecified atom stereocenters. The summed E-state index contributed by atoms with van der Waals surface area (Å²) in [5, 5.41) is 11.8. The molecule has 0 heterocycles. The van der Waals surface area contributed by atoms with E-state index in [-0.39, 0.29) is 12.5 Å². The van der Waals surface area contributed by atoms with E-state index in [1.165, 1.54) is 44.9 Å². The predicted molar refractivity (Wildman–Crippen MR) is 117 cm³/mol. The second kappa shape index (κ2) is 10.5. The van der Waals surface area contributed by atoms with Crippen molar-refractivity contribution in [3.63, 3.8) is 0 Å². The molecule has 0 saturated heterocycles. The summed E-state index contributed by atoms with van der Waals surface area (Å²) in [6.45, 7) is 0.324. The van der Waals surface area contributed by atoms with E-state index in [9.17, 15) is 4.79 Å². The van der Waals surface area contributed by atoms with Crippen molar-refractivity contribution in [1.29, 1.82) is 5.26 Å². The third kappa shape index (κ3) is 5.66. The Bertz CT molecular complexity index is 884. The number of amides is 1. The molecule has 1 amide bonds. The monoisotopic (exact) mass is 407 g/mol. The van der Waals surface area contributed by atoms with Crippen LogP contribution in [0.1, 0.15) is 43.2 Å². The molecule has 0 spiro atoms. The molecule has 0 radical (unpaired) electrons. The standard InChI is InChI=1S/C24H29N3O3/c1-27(20-6-4-3-5-7-20)21-11-8-18(9-12-21)16-26-24(28)17-30-22-13-10-19(15-25)14-23(22)29-2/h8-14,20H,3-7,16-17H2,1-2H3,(H,26,28). The van der Waals surface area contributed by atoms with E-state index in [4.69, 9.17) is 14.7 Å². The van der Waals surface area contributed by atoms with Gasteiger partial charge in [-0.1, -0.05) is 31.4 Å². The molecule has 6 heteroatoms. The van der Waals surface area contributed by atoms with Crippen molar-refractivity contribution in [2.24, 2.45) is 0 Å². The van der Waals surface area contributed by atoms with Gasteiger partial charge < -0.3 is 19.7 Å². The molecule has 0 bridgehead atoms. The second-order valence-electron chi connectivity index (χ2n) is 7.61. The number of nitriles is 1. The van der Waals surface area contributed by atoms with Gasteiger partial charge in [0.25, 0.3) is 5.91 Å². The summed E-state index contributed by atoms with van der Waals surface area (Å²) in [5.41, 5.74) is 2.73. The van der Waals surface area contributed by atoms with Crippen molar-refractivity contribution in [1.82, 2.24) is 5.32 Å². The van der Waals surface area contributed by atoms with Crippen LogP contribution in [0.2, 0.25) is 0 Å². The molecular formula is C24H29N3O3.